The van der Waals surface area contributed by atoms with Crippen LogP contribution in [0.4, 0.5) is 0 Å². The number of benzene rings is 1. The second-order valence-corrected chi connectivity index (χ2v) is 9.43. The number of sulfone groups is 1. The Bertz CT molecular complexity index is 677. The van der Waals surface area contributed by atoms with E-state index in [1.807, 2.05) is 20.8 Å². The largest absolute Gasteiger partial charge is 0.345 e. The number of hydrogen-bond donors (Lipinski definition) is 2. The maximum atomic E-state index is 12.6. The third-order valence-corrected chi connectivity index (χ3v) is 7.56. The number of carbonyl (C=O) groups excluding carboxylic acids is 1. The molecule has 1 aliphatic carbocycles. The molecule has 2 rings (SSSR count). The van der Waals surface area contributed by atoms with Crippen molar-refractivity contribution in [2.75, 3.05) is 6.54 Å². The summed E-state index contributed by atoms with van der Waals surface area (Å²) in [6.45, 7) is 6.26. The summed E-state index contributed by atoms with van der Waals surface area (Å²) < 4.78 is 25.1. The van der Waals surface area contributed by atoms with Gasteiger partial charge in [-0.05, 0) is 49.9 Å². The summed E-state index contributed by atoms with van der Waals surface area (Å²) in [6, 6.07) is 6.23. The summed E-state index contributed by atoms with van der Waals surface area (Å²) in [5, 5.41) is 2.68. The number of hydrogen-bond acceptors (Lipinski definition) is 4. The maximum absolute atomic E-state index is 12.6. The van der Waals surface area contributed by atoms with Crippen molar-refractivity contribution in [1.29, 1.82) is 0 Å². The molecule has 1 aromatic carbocycles. The number of nitrogens with two attached hydrogens (primary N) is 1. The van der Waals surface area contributed by atoms with Crippen LogP contribution >= 0.6 is 0 Å². The third kappa shape index (κ3) is 3.81. The molecule has 0 aliphatic heterocycles. The Labute approximate surface area is 144 Å². The van der Waals surface area contributed by atoms with Gasteiger partial charge in [0.05, 0.1) is 15.7 Å². The van der Waals surface area contributed by atoms with Crippen LogP contribution in [0.25, 0.3) is 0 Å². The van der Waals surface area contributed by atoms with Crippen LogP contribution in [-0.2, 0) is 9.84 Å². The molecule has 1 atom stereocenters. The van der Waals surface area contributed by atoms with E-state index in [1.165, 1.54) is 12.1 Å². The highest BCUT2D eigenvalue weighted by Gasteiger charge is 2.31. The fourth-order valence-electron chi connectivity index (χ4n) is 2.95. The zero-order valence-corrected chi connectivity index (χ0v) is 15.5. The smallest absolute Gasteiger partial charge is 0.251 e. The Balaban J connectivity index is 2.16. The molecule has 0 aromatic heterocycles. The predicted octanol–water partition coefficient (Wildman–Crippen LogP) is 2.51. The molecule has 1 unspecified atom stereocenters. The molecule has 0 spiro atoms. The molecule has 1 aliphatic rings. The molecule has 134 valence electrons. The van der Waals surface area contributed by atoms with Gasteiger partial charge in [0, 0.05) is 12.1 Å². The molecule has 1 aromatic rings. The number of nitrogens with one attached hydrogen (secondary N) is 1. The minimum atomic E-state index is -3.29. The predicted molar refractivity (Wildman–Crippen MR) is 95.6 cm³/mol. The normalized spacial score (nSPS) is 18.5. The summed E-state index contributed by atoms with van der Waals surface area (Å²) >= 11 is 0. The van der Waals surface area contributed by atoms with Crippen molar-refractivity contribution in [1.82, 2.24) is 5.32 Å². The van der Waals surface area contributed by atoms with E-state index in [0.717, 1.165) is 25.7 Å². The molecule has 0 heterocycles. The van der Waals surface area contributed by atoms with Gasteiger partial charge in [0.25, 0.3) is 5.91 Å². The van der Waals surface area contributed by atoms with Gasteiger partial charge in [0.15, 0.2) is 9.84 Å². The second-order valence-electron chi connectivity index (χ2n) is 7.21. The van der Waals surface area contributed by atoms with Crippen molar-refractivity contribution < 1.29 is 13.2 Å². The molecule has 5 nitrogen and oxygen atoms in total. The maximum Gasteiger partial charge on any atom is 0.251 e. The highest BCUT2D eigenvalue weighted by Crippen LogP contribution is 2.29. The van der Waals surface area contributed by atoms with E-state index in [4.69, 9.17) is 5.73 Å². The Hall–Kier alpha value is -1.40. The first-order valence-corrected chi connectivity index (χ1v) is 10.1. The van der Waals surface area contributed by atoms with Gasteiger partial charge in [0.1, 0.15) is 0 Å². The lowest BCUT2D eigenvalue weighted by Gasteiger charge is -2.33. The molecule has 1 fully saturated rings. The van der Waals surface area contributed by atoms with Gasteiger partial charge in [-0.3, -0.25) is 4.79 Å². The average Bonchev–Trinajstić information content (AvgIpc) is 3.10. The van der Waals surface area contributed by atoms with Crippen molar-refractivity contribution in [3.05, 3.63) is 29.8 Å². The van der Waals surface area contributed by atoms with E-state index in [0.29, 0.717) is 17.0 Å². The van der Waals surface area contributed by atoms with Gasteiger partial charge < -0.3 is 11.1 Å². The van der Waals surface area contributed by atoms with Crippen LogP contribution < -0.4 is 11.1 Å². The van der Waals surface area contributed by atoms with Crippen LogP contribution in [0.2, 0.25) is 0 Å². The van der Waals surface area contributed by atoms with E-state index in [9.17, 15) is 13.2 Å². The third-order valence-electron chi connectivity index (χ3n) is 5.28. The molecule has 3 N–H and O–H groups in total. The summed E-state index contributed by atoms with van der Waals surface area (Å²) in [7, 11) is -3.29. The molecular formula is C18H28N2O3S. The fourth-order valence-corrected chi connectivity index (χ4v) is 4.80. The SMILES string of the molecule is CC(C)C(C)(CN)NC(=O)c1ccc(S(=O)(=O)C2CCCC2)cc1. The van der Waals surface area contributed by atoms with Crippen LogP contribution in [0, 0.1) is 5.92 Å². The molecule has 6 heteroatoms. The van der Waals surface area contributed by atoms with Gasteiger partial charge in [0.2, 0.25) is 0 Å². The van der Waals surface area contributed by atoms with E-state index in [-0.39, 0.29) is 17.1 Å². The molecule has 0 radical (unpaired) electrons. The number of rotatable bonds is 6. The van der Waals surface area contributed by atoms with E-state index < -0.39 is 15.4 Å². The van der Waals surface area contributed by atoms with E-state index in [1.54, 1.807) is 12.1 Å². The van der Waals surface area contributed by atoms with Crippen molar-refractivity contribution in [3.63, 3.8) is 0 Å². The van der Waals surface area contributed by atoms with Gasteiger partial charge >= 0.3 is 0 Å². The molecule has 1 saturated carbocycles. The average molecular weight is 353 g/mol. The number of carbonyl (C=O) groups is 1. The zero-order chi connectivity index (χ0) is 18.0. The first-order chi connectivity index (χ1) is 11.2. The Kier molecular flexibility index (Phi) is 5.71. The minimum Gasteiger partial charge on any atom is -0.345 e. The van der Waals surface area contributed by atoms with Crippen LogP contribution in [0.5, 0.6) is 0 Å². The molecule has 0 saturated heterocycles. The van der Waals surface area contributed by atoms with Crippen LogP contribution in [0.15, 0.2) is 29.2 Å². The zero-order valence-electron chi connectivity index (χ0n) is 14.7. The second kappa shape index (κ2) is 7.23. The van der Waals surface area contributed by atoms with Crippen molar-refractivity contribution in [2.24, 2.45) is 11.7 Å². The van der Waals surface area contributed by atoms with Crippen LogP contribution in [-0.4, -0.2) is 31.7 Å². The number of amides is 1. The Morgan fingerprint density at radius 2 is 1.79 bits per heavy atom. The van der Waals surface area contributed by atoms with E-state index in [2.05, 4.69) is 5.32 Å². The van der Waals surface area contributed by atoms with Crippen LogP contribution in [0.3, 0.4) is 0 Å². The summed E-state index contributed by atoms with van der Waals surface area (Å²) in [5.74, 6) is -0.0464. The fraction of sp³-hybridized carbons (Fsp3) is 0.611. The van der Waals surface area contributed by atoms with Crippen molar-refractivity contribution in [2.45, 2.75) is 62.1 Å². The molecular weight excluding hydrogens is 324 g/mol. The summed E-state index contributed by atoms with van der Waals surface area (Å²) in [6.07, 6.45) is 3.40. The highest BCUT2D eigenvalue weighted by molar-refractivity contribution is 7.92. The first-order valence-electron chi connectivity index (χ1n) is 8.57. The topological polar surface area (TPSA) is 89.3 Å². The van der Waals surface area contributed by atoms with Crippen molar-refractivity contribution in [3.8, 4) is 0 Å². The Morgan fingerprint density at radius 3 is 2.25 bits per heavy atom. The summed E-state index contributed by atoms with van der Waals surface area (Å²) in [4.78, 5) is 12.7. The van der Waals surface area contributed by atoms with Gasteiger partial charge in [-0.25, -0.2) is 8.42 Å². The standard InChI is InChI=1S/C18H28N2O3S/c1-13(2)18(3,12-19)20-17(21)14-8-10-16(11-9-14)24(22,23)15-6-4-5-7-15/h8-11,13,15H,4-7,12,19H2,1-3H3,(H,20,21). The van der Waals surface area contributed by atoms with Gasteiger partial charge in [-0.2, -0.15) is 0 Å². The van der Waals surface area contributed by atoms with Crippen LogP contribution in [0.1, 0.15) is 56.8 Å². The van der Waals surface area contributed by atoms with Gasteiger partial charge in [-0.15, -0.1) is 0 Å². The quantitative estimate of drug-likeness (QED) is 0.823. The molecule has 0 bridgehead atoms. The Morgan fingerprint density at radius 1 is 1.25 bits per heavy atom. The summed E-state index contributed by atoms with van der Waals surface area (Å²) in [5.41, 5.74) is 5.74. The molecule has 1 amide bonds. The highest BCUT2D eigenvalue weighted by atomic mass is 32.2. The lowest BCUT2D eigenvalue weighted by molar-refractivity contribution is 0.0883. The first kappa shape index (κ1) is 18.9. The van der Waals surface area contributed by atoms with E-state index >= 15 is 0 Å². The lowest BCUT2D eigenvalue weighted by Crippen LogP contribution is -2.55. The van der Waals surface area contributed by atoms with Crippen molar-refractivity contribution >= 4 is 15.7 Å². The van der Waals surface area contributed by atoms with Gasteiger partial charge in [-0.1, -0.05) is 26.7 Å². The lowest BCUT2D eigenvalue weighted by atomic mass is 9.88. The molecule has 24 heavy (non-hydrogen) atoms. The minimum absolute atomic E-state index is 0.188. The monoisotopic (exact) mass is 352 g/mol.